The fraction of sp³-hybridized carbons (Fsp3) is 0.591. The van der Waals surface area contributed by atoms with E-state index in [2.05, 4.69) is 46.8 Å². The summed E-state index contributed by atoms with van der Waals surface area (Å²) in [5.74, 6) is 1.90. The predicted molar refractivity (Wildman–Crippen MR) is 101 cm³/mol. The lowest BCUT2D eigenvalue weighted by atomic mass is 9.36. The van der Waals surface area contributed by atoms with Crippen molar-refractivity contribution >= 4 is 0 Å². The van der Waals surface area contributed by atoms with Crippen LogP contribution in [0.15, 0.2) is 32.5 Å². The van der Waals surface area contributed by atoms with Crippen LogP contribution in [-0.2, 0) is 5.41 Å². The Morgan fingerprint density at radius 3 is 2.36 bits per heavy atom. The van der Waals surface area contributed by atoms with E-state index in [1.54, 1.807) is 14.0 Å². The molecule has 2 aliphatic carbocycles. The Kier molecular flexibility index (Phi) is 4.05. The van der Waals surface area contributed by atoms with Crippen molar-refractivity contribution in [1.29, 1.82) is 0 Å². The summed E-state index contributed by atoms with van der Waals surface area (Å²) in [5, 5.41) is 0. The van der Waals surface area contributed by atoms with Crippen LogP contribution in [0.1, 0.15) is 57.9 Å². The predicted octanol–water partition coefficient (Wildman–Crippen LogP) is 5.09. The third-order valence-electron chi connectivity index (χ3n) is 6.75. The van der Waals surface area contributed by atoms with Gasteiger partial charge in [0.05, 0.1) is 12.7 Å². The van der Waals surface area contributed by atoms with Crippen molar-refractivity contribution in [3.05, 3.63) is 50.4 Å². The van der Waals surface area contributed by atoms with Crippen molar-refractivity contribution in [3.8, 4) is 5.95 Å². The lowest BCUT2D eigenvalue weighted by molar-refractivity contribution is -0.0915. The van der Waals surface area contributed by atoms with Gasteiger partial charge in [0, 0.05) is 16.9 Å². The van der Waals surface area contributed by atoms with E-state index in [1.807, 2.05) is 6.92 Å². The van der Waals surface area contributed by atoms with E-state index < -0.39 is 0 Å². The van der Waals surface area contributed by atoms with Gasteiger partial charge in [0.15, 0.2) is 5.43 Å². The summed E-state index contributed by atoms with van der Waals surface area (Å²) in [4.78, 5) is 12.8. The first-order valence-electron chi connectivity index (χ1n) is 9.19. The molecule has 0 unspecified atom stereocenters. The van der Waals surface area contributed by atoms with E-state index >= 15 is 0 Å². The normalized spacial score (nSPS) is 33.9. The van der Waals surface area contributed by atoms with Gasteiger partial charge in [-0.2, -0.15) is 0 Å². The maximum Gasteiger partial charge on any atom is 0.291 e. The Morgan fingerprint density at radius 1 is 1.16 bits per heavy atom. The van der Waals surface area contributed by atoms with E-state index in [-0.39, 0.29) is 16.3 Å². The van der Waals surface area contributed by atoms with Crippen molar-refractivity contribution in [3.63, 3.8) is 0 Å². The highest BCUT2D eigenvalue weighted by Crippen LogP contribution is 2.70. The summed E-state index contributed by atoms with van der Waals surface area (Å²) in [7, 11) is 1.56. The summed E-state index contributed by atoms with van der Waals surface area (Å²) >= 11 is 0. The summed E-state index contributed by atoms with van der Waals surface area (Å²) in [5.41, 5.74) is 3.91. The van der Waals surface area contributed by atoms with Gasteiger partial charge >= 0.3 is 0 Å². The van der Waals surface area contributed by atoms with Crippen LogP contribution in [0.3, 0.4) is 0 Å². The Morgan fingerprint density at radius 2 is 1.80 bits per heavy atom. The molecule has 0 N–H and O–H groups in total. The van der Waals surface area contributed by atoms with Crippen LogP contribution in [-0.4, -0.2) is 7.11 Å². The second-order valence-corrected chi connectivity index (χ2v) is 8.32. The second kappa shape index (κ2) is 5.62. The van der Waals surface area contributed by atoms with E-state index in [1.165, 1.54) is 11.1 Å². The first-order chi connectivity index (χ1) is 11.6. The van der Waals surface area contributed by atoms with Gasteiger partial charge in [-0.15, -0.1) is 0 Å². The van der Waals surface area contributed by atoms with Crippen LogP contribution in [0, 0.1) is 31.1 Å². The van der Waals surface area contributed by atoms with Gasteiger partial charge < -0.3 is 9.15 Å². The van der Waals surface area contributed by atoms with Crippen LogP contribution in [0.2, 0.25) is 0 Å². The summed E-state index contributed by atoms with van der Waals surface area (Å²) < 4.78 is 11.6. The fourth-order valence-corrected chi connectivity index (χ4v) is 6.31. The van der Waals surface area contributed by atoms with Gasteiger partial charge in [-0.05, 0) is 39.0 Å². The number of hydrogen-bond donors (Lipinski definition) is 0. The Labute approximate surface area is 150 Å². The standard InChI is InChI=1S/C22H30O3/c1-9-16-21(6)11-12(2)10-13(3)18(21)22(16,7)19-14(4)17(23)15(5)20(24-8)25-19/h10-11,16,18H,9H2,1-8H3/t16-,18+,21+,22-/m0/s1. The summed E-state index contributed by atoms with van der Waals surface area (Å²) in [6.45, 7) is 14.9. The van der Waals surface area contributed by atoms with Crippen LogP contribution >= 0.6 is 0 Å². The molecule has 3 heteroatoms. The van der Waals surface area contributed by atoms with Crippen LogP contribution in [0.5, 0.6) is 5.95 Å². The molecular formula is C22H30O3. The lowest BCUT2D eigenvalue weighted by Gasteiger charge is -2.67. The average molecular weight is 342 g/mol. The zero-order valence-corrected chi connectivity index (χ0v) is 16.7. The molecule has 0 aliphatic heterocycles. The molecule has 136 valence electrons. The van der Waals surface area contributed by atoms with E-state index in [0.717, 1.165) is 17.7 Å². The summed E-state index contributed by atoms with van der Waals surface area (Å²) in [6.07, 6.45) is 5.73. The monoisotopic (exact) mass is 342 g/mol. The van der Waals surface area contributed by atoms with Crippen LogP contribution < -0.4 is 10.2 Å². The molecule has 4 atom stereocenters. The molecule has 1 heterocycles. The fourth-order valence-electron chi connectivity index (χ4n) is 6.31. The van der Waals surface area contributed by atoms with Gasteiger partial charge in [-0.25, -0.2) is 0 Å². The highest BCUT2D eigenvalue weighted by molar-refractivity contribution is 5.47. The molecule has 2 aliphatic rings. The maximum atomic E-state index is 12.8. The number of allylic oxidation sites excluding steroid dienone is 4. The Balaban J connectivity index is 2.26. The van der Waals surface area contributed by atoms with E-state index in [9.17, 15) is 4.79 Å². The number of methoxy groups -OCH3 is 1. The maximum absolute atomic E-state index is 12.8. The van der Waals surface area contributed by atoms with Crippen LogP contribution in [0.25, 0.3) is 0 Å². The molecule has 0 spiro atoms. The molecule has 0 bridgehead atoms. The molecule has 1 aromatic heterocycles. The molecule has 0 saturated heterocycles. The quantitative estimate of drug-likeness (QED) is 0.768. The number of rotatable bonds is 3. The number of ether oxygens (including phenoxy) is 1. The van der Waals surface area contributed by atoms with Crippen LogP contribution in [0.4, 0.5) is 0 Å². The van der Waals surface area contributed by atoms with Crippen molar-refractivity contribution in [1.82, 2.24) is 0 Å². The molecule has 3 rings (SSSR count). The largest absolute Gasteiger partial charge is 0.468 e. The summed E-state index contributed by atoms with van der Waals surface area (Å²) in [6, 6.07) is 0. The third-order valence-corrected chi connectivity index (χ3v) is 6.75. The van der Waals surface area contributed by atoms with Crippen molar-refractivity contribution < 1.29 is 9.15 Å². The molecule has 1 fully saturated rings. The van der Waals surface area contributed by atoms with Crippen molar-refractivity contribution in [2.24, 2.45) is 17.3 Å². The molecule has 0 radical (unpaired) electrons. The minimum Gasteiger partial charge on any atom is -0.468 e. The lowest BCUT2D eigenvalue weighted by Crippen LogP contribution is -2.65. The van der Waals surface area contributed by atoms with Gasteiger partial charge in [0.25, 0.3) is 5.95 Å². The highest BCUT2D eigenvalue weighted by atomic mass is 16.6. The molecule has 0 aromatic carbocycles. The minimum atomic E-state index is -0.203. The molecule has 0 amide bonds. The molecular weight excluding hydrogens is 312 g/mol. The molecule has 1 saturated carbocycles. The topological polar surface area (TPSA) is 39.4 Å². The zero-order valence-electron chi connectivity index (χ0n) is 16.7. The second-order valence-electron chi connectivity index (χ2n) is 8.32. The van der Waals surface area contributed by atoms with Crippen molar-refractivity contribution in [2.75, 3.05) is 7.11 Å². The van der Waals surface area contributed by atoms with Gasteiger partial charge in [-0.1, -0.05) is 50.5 Å². The molecule has 25 heavy (non-hydrogen) atoms. The molecule has 3 nitrogen and oxygen atoms in total. The third kappa shape index (κ3) is 2.14. The smallest absolute Gasteiger partial charge is 0.291 e. The minimum absolute atomic E-state index is 0.0342. The Hall–Kier alpha value is -1.77. The van der Waals surface area contributed by atoms with E-state index in [0.29, 0.717) is 23.3 Å². The first-order valence-corrected chi connectivity index (χ1v) is 9.19. The average Bonchev–Trinajstić information content (AvgIpc) is 2.51. The number of hydrogen-bond acceptors (Lipinski definition) is 3. The van der Waals surface area contributed by atoms with Gasteiger partial charge in [0.2, 0.25) is 0 Å². The van der Waals surface area contributed by atoms with Gasteiger partial charge in [0.1, 0.15) is 5.76 Å². The SMILES string of the molecule is CC[C@H]1[C@@]2(C)C=C(C)C=C(C)[C@H]2[C@@]1(C)c1oc(OC)c(C)c(=O)c1C. The Bertz CT molecular complexity index is 842. The van der Waals surface area contributed by atoms with Crippen molar-refractivity contribution in [2.45, 2.75) is 60.3 Å². The highest BCUT2D eigenvalue weighted by Gasteiger charge is 2.67. The zero-order chi connectivity index (χ0) is 18.7. The number of fused-ring (bicyclic) bond motifs is 1. The first kappa shape index (κ1) is 18.0. The van der Waals surface area contributed by atoms with E-state index in [4.69, 9.17) is 9.15 Å². The molecule has 1 aromatic rings. The van der Waals surface area contributed by atoms with Gasteiger partial charge in [-0.3, -0.25) is 4.79 Å².